The number of nitrogens with zero attached hydrogens (tertiary/aromatic N) is 2. The number of rotatable bonds is 5. The molecule has 0 saturated carbocycles. The molecular formula is C21H24N4O3. The van der Waals surface area contributed by atoms with Crippen molar-refractivity contribution in [3.05, 3.63) is 59.7 Å². The van der Waals surface area contributed by atoms with Gasteiger partial charge in [-0.1, -0.05) is 18.2 Å². The van der Waals surface area contributed by atoms with Gasteiger partial charge in [-0.05, 0) is 37.3 Å². The summed E-state index contributed by atoms with van der Waals surface area (Å²) in [6.45, 7) is 6.25. The Morgan fingerprint density at radius 2 is 1.96 bits per heavy atom. The summed E-state index contributed by atoms with van der Waals surface area (Å²) in [6, 6.07) is 16.8. The molecule has 0 atom stereocenters. The lowest BCUT2D eigenvalue weighted by molar-refractivity contribution is -0.128. The molecule has 146 valence electrons. The lowest BCUT2D eigenvalue weighted by Crippen LogP contribution is -2.43. The number of carbonyl (C=O) groups excluding carboxylic acids is 2. The Morgan fingerprint density at radius 3 is 2.54 bits per heavy atom. The fourth-order valence-corrected chi connectivity index (χ4v) is 2.75. The highest BCUT2D eigenvalue weighted by molar-refractivity contribution is 6.04. The van der Waals surface area contributed by atoms with Gasteiger partial charge in [-0.2, -0.15) is 5.26 Å². The molecule has 2 aromatic carbocycles. The molecule has 1 saturated heterocycles. The smallest absolute Gasteiger partial charge is 0.293 e. The highest BCUT2D eigenvalue weighted by atomic mass is 16.5. The van der Waals surface area contributed by atoms with Crippen LogP contribution in [-0.2, 0) is 9.53 Å². The summed E-state index contributed by atoms with van der Waals surface area (Å²) in [4.78, 5) is 23.6. The lowest BCUT2D eigenvalue weighted by Gasteiger charge is -2.30. The van der Waals surface area contributed by atoms with Gasteiger partial charge in [0.25, 0.3) is 12.4 Å². The predicted octanol–water partition coefficient (Wildman–Crippen LogP) is 2.40. The van der Waals surface area contributed by atoms with Gasteiger partial charge in [-0.3, -0.25) is 9.59 Å². The molecule has 0 aliphatic carbocycles. The van der Waals surface area contributed by atoms with Crippen LogP contribution in [0.3, 0.4) is 0 Å². The summed E-state index contributed by atoms with van der Waals surface area (Å²) in [7, 11) is 0. The second kappa shape index (κ2) is 11.4. The molecule has 28 heavy (non-hydrogen) atoms. The van der Waals surface area contributed by atoms with Crippen molar-refractivity contribution in [3.8, 4) is 6.07 Å². The van der Waals surface area contributed by atoms with Crippen LogP contribution in [0.15, 0.2) is 48.5 Å². The molecule has 3 rings (SSSR count). The van der Waals surface area contributed by atoms with Crippen molar-refractivity contribution >= 4 is 23.8 Å². The topological polar surface area (TPSA) is 94.5 Å². The van der Waals surface area contributed by atoms with Crippen LogP contribution in [0.25, 0.3) is 0 Å². The van der Waals surface area contributed by atoms with Crippen LogP contribution in [0.2, 0.25) is 0 Å². The van der Waals surface area contributed by atoms with Gasteiger partial charge in [-0.25, -0.2) is 0 Å². The van der Waals surface area contributed by atoms with E-state index in [4.69, 9.17) is 0 Å². The predicted molar refractivity (Wildman–Crippen MR) is 108 cm³/mol. The Kier molecular flexibility index (Phi) is 8.50. The van der Waals surface area contributed by atoms with E-state index in [9.17, 15) is 14.9 Å². The van der Waals surface area contributed by atoms with Crippen molar-refractivity contribution in [1.29, 1.82) is 5.26 Å². The van der Waals surface area contributed by atoms with E-state index in [1.165, 1.54) is 0 Å². The van der Waals surface area contributed by atoms with Crippen molar-refractivity contribution in [2.75, 3.05) is 43.0 Å². The number of nitrogens with one attached hydrogen (secondary N) is 2. The number of piperazine rings is 1. The average Bonchev–Trinajstić information content (AvgIpc) is 2.76. The van der Waals surface area contributed by atoms with Crippen molar-refractivity contribution in [2.24, 2.45) is 0 Å². The van der Waals surface area contributed by atoms with E-state index in [2.05, 4.69) is 26.3 Å². The Balaban J connectivity index is 0.000000500. The summed E-state index contributed by atoms with van der Waals surface area (Å²) in [5, 5.41) is 15.6. The Hall–Kier alpha value is -3.37. The summed E-state index contributed by atoms with van der Waals surface area (Å²) in [6.07, 6.45) is 0. The number of amides is 1. The first-order valence-corrected chi connectivity index (χ1v) is 9.11. The molecule has 7 nitrogen and oxygen atoms in total. The molecule has 0 aromatic heterocycles. The molecule has 1 heterocycles. The zero-order valence-electron chi connectivity index (χ0n) is 15.9. The minimum Gasteiger partial charge on any atom is -0.468 e. The number of carbonyl (C=O) groups is 2. The molecule has 2 N–H and O–H groups in total. The first kappa shape index (κ1) is 20.9. The SMILES string of the molecule is CCOC=O.N#Cc1cc(NC(=O)c2ccccc2)ccc1N1CCNCC1. The van der Waals surface area contributed by atoms with Crippen LogP contribution < -0.4 is 15.5 Å². The number of ether oxygens (including phenoxy) is 1. The van der Waals surface area contributed by atoms with Crippen LogP contribution in [-0.4, -0.2) is 45.2 Å². The van der Waals surface area contributed by atoms with Crippen molar-refractivity contribution in [1.82, 2.24) is 5.32 Å². The van der Waals surface area contributed by atoms with Crippen molar-refractivity contribution < 1.29 is 14.3 Å². The van der Waals surface area contributed by atoms with E-state index in [0.717, 1.165) is 31.9 Å². The Bertz CT molecular complexity index is 812. The maximum Gasteiger partial charge on any atom is 0.293 e. The maximum absolute atomic E-state index is 12.2. The van der Waals surface area contributed by atoms with Gasteiger partial charge < -0.3 is 20.3 Å². The molecule has 0 unspecified atom stereocenters. The van der Waals surface area contributed by atoms with Gasteiger partial charge in [0.1, 0.15) is 6.07 Å². The summed E-state index contributed by atoms with van der Waals surface area (Å²) >= 11 is 0. The molecule has 1 aliphatic rings. The second-order valence-electron chi connectivity index (χ2n) is 5.95. The molecular weight excluding hydrogens is 356 g/mol. The minimum atomic E-state index is -0.176. The number of anilines is 2. The highest BCUT2D eigenvalue weighted by Gasteiger charge is 2.15. The van der Waals surface area contributed by atoms with Crippen LogP contribution in [0.1, 0.15) is 22.8 Å². The van der Waals surface area contributed by atoms with Gasteiger partial charge in [0.2, 0.25) is 0 Å². The molecule has 1 aliphatic heterocycles. The third kappa shape index (κ3) is 6.11. The second-order valence-corrected chi connectivity index (χ2v) is 5.95. The number of benzene rings is 2. The largest absolute Gasteiger partial charge is 0.468 e. The summed E-state index contributed by atoms with van der Waals surface area (Å²) < 4.78 is 4.15. The van der Waals surface area contributed by atoms with Crippen LogP contribution in [0.4, 0.5) is 11.4 Å². The zero-order valence-corrected chi connectivity index (χ0v) is 15.9. The molecule has 1 amide bonds. The average molecular weight is 380 g/mol. The van der Waals surface area contributed by atoms with Crippen LogP contribution in [0.5, 0.6) is 0 Å². The van der Waals surface area contributed by atoms with Gasteiger partial charge in [0, 0.05) is 37.4 Å². The van der Waals surface area contributed by atoms with Crippen LogP contribution in [0, 0.1) is 11.3 Å². The Labute approximate surface area is 164 Å². The molecule has 0 radical (unpaired) electrons. The quantitative estimate of drug-likeness (QED) is 0.774. The minimum absolute atomic E-state index is 0.176. The van der Waals surface area contributed by atoms with E-state index in [0.29, 0.717) is 29.9 Å². The van der Waals surface area contributed by atoms with Gasteiger partial charge in [0.15, 0.2) is 0 Å². The normalized spacial score (nSPS) is 12.8. The van der Waals surface area contributed by atoms with E-state index < -0.39 is 0 Å². The number of hydrogen-bond donors (Lipinski definition) is 2. The molecule has 1 fully saturated rings. The summed E-state index contributed by atoms with van der Waals surface area (Å²) in [5.41, 5.74) is 2.73. The van der Waals surface area contributed by atoms with E-state index in [1.807, 2.05) is 30.3 Å². The number of nitriles is 1. The molecule has 0 bridgehead atoms. The van der Waals surface area contributed by atoms with Crippen molar-refractivity contribution in [3.63, 3.8) is 0 Å². The standard InChI is InChI=1S/C18H18N4O.C3H6O2/c19-13-15-12-16(21-18(23)14-4-2-1-3-5-14)6-7-17(15)22-10-8-20-9-11-22;1-2-5-3-4/h1-7,12,20H,8-11H2,(H,21,23);3H,2H2,1H3. The Morgan fingerprint density at radius 1 is 1.25 bits per heavy atom. The monoisotopic (exact) mass is 380 g/mol. The summed E-state index contributed by atoms with van der Waals surface area (Å²) in [5.74, 6) is -0.176. The van der Waals surface area contributed by atoms with Gasteiger partial charge in [-0.15, -0.1) is 0 Å². The fourth-order valence-electron chi connectivity index (χ4n) is 2.75. The van der Waals surface area contributed by atoms with E-state index in [1.54, 1.807) is 25.1 Å². The maximum atomic E-state index is 12.2. The third-order valence-corrected chi connectivity index (χ3v) is 4.10. The molecule has 0 spiro atoms. The molecule has 2 aromatic rings. The number of hydrogen-bond acceptors (Lipinski definition) is 6. The third-order valence-electron chi connectivity index (χ3n) is 4.10. The van der Waals surface area contributed by atoms with E-state index >= 15 is 0 Å². The zero-order chi connectivity index (χ0) is 20.2. The van der Waals surface area contributed by atoms with Gasteiger partial charge in [0.05, 0.1) is 17.9 Å². The van der Waals surface area contributed by atoms with Crippen molar-refractivity contribution in [2.45, 2.75) is 6.92 Å². The highest BCUT2D eigenvalue weighted by Crippen LogP contribution is 2.24. The lowest BCUT2D eigenvalue weighted by atomic mass is 10.1. The van der Waals surface area contributed by atoms with Crippen LogP contribution >= 0.6 is 0 Å². The first-order chi connectivity index (χ1) is 13.7. The van der Waals surface area contributed by atoms with E-state index in [-0.39, 0.29) is 5.91 Å². The van der Waals surface area contributed by atoms with Gasteiger partial charge >= 0.3 is 0 Å². The fraction of sp³-hybridized carbons (Fsp3) is 0.286. The first-order valence-electron chi connectivity index (χ1n) is 9.11. The molecule has 7 heteroatoms.